The molecule has 8 heteroatoms. The van der Waals surface area contributed by atoms with Gasteiger partial charge in [0.1, 0.15) is 10.6 Å². The van der Waals surface area contributed by atoms with Crippen molar-refractivity contribution in [2.24, 2.45) is 0 Å². The summed E-state index contributed by atoms with van der Waals surface area (Å²) >= 11 is 6.06. The molecule has 1 fully saturated rings. The van der Waals surface area contributed by atoms with E-state index in [9.17, 15) is 19.7 Å². The Kier molecular flexibility index (Phi) is 4.04. The molecule has 0 amide bonds. The SMILES string of the molecule is CCOC(=O)c1cn(C2CC2)c2cc(Cl)c([N+](=O)[O-])c(C)c2c1=O. The number of nitro groups is 1. The van der Waals surface area contributed by atoms with E-state index in [1.54, 1.807) is 11.5 Å². The minimum Gasteiger partial charge on any atom is -0.462 e. The van der Waals surface area contributed by atoms with Crippen LogP contribution in [0.2, 0.25) is 5.02 Å². The number of nitrogens with zero attached hydrogens (tertiary/aromatic N) is 2. The molecule has 1 aromatic heterocycles. The molecule has 1 aromatic carbocycles. The van der Waals surface area contributed by atoms with E-state index in [1.807, 2.05) is 0 Å². The second kappa shape index (κ2) is 5.90. The number of halogens is 1. The first-order chi connectivity index (χ1) is 11.4. The standard InChI is InChI=1S/C16H15ClN2O5/c1-3-24-16(21)10-7-18(9-4-5-9)12-6-11(17)14(19(22)23)8(2)13(12)15(10)20/h6-7,9H,3-5H2,1-2H3. The van der Waals surface area contributed by atoms with Crippen LogP contribution in [0.5, 0.6) is 0 Å². The van der Waals surface area contributed by atoms with E-state index in [4.69, 9.17) is 16.3 Å². The van der Waals surface area contributed by atoms with Crippen LogP contribution < -0.4 is 5.43 Å². The molecular formula is C16H15ClN2O5. The van der Waals surface area contributed by atoms with E-state index >= 15 is 0 Å². The fourth-order valence-corrected chi connectivity index (χ4v) is 3.19. The number of benzene rings is 1. The van der Waals surface area contributed by atoms with Crippen molar-refractivity contribution in [1.29, 1.82) is 0 Å². The molecule has 0 N–H and O–H groups in total. The van der Waals surface area contributed by atoms with E-state index in [1.165, 1.54) is 19.2 Å². The van der Waals surface area contributed by atoms with Crippen molar-refractivity contribution in [3.05, 3.63) is 48.8 Å². The van der Waals surface area contributed by atoms with E-state index in [0.29, 0.717) is 5.52 Å². The summed E-state index contributed by atoms with van der Waals surface area (Å²) in [6.07, 6.45) is 3.30. The van der Waals surface area contributed by atoms with E-state index in [2.05, 4.69) is 0 Å². The minimum absolute atomic E-state index is 0.0253. The fourth-order valence-electron chi connectivity index (χ4n) is 2.88. The highest BCUT2D eigenvalue weighted by Gasteiger charge is 2.30. The normalized spacial score (nSPS) is 14.0. The molecule has 126 valence electrons. The van der Waals surface area contributed by atoms with Crippen LogP contribution in [0.25, 0.3) is 10.9 Å². The Hall–Kier alpha value is -2.41. The van der Waals surface area contributed by atoms with Crippen molar-refractivity contribution in [2.45, 2.75) is 32.7 Å². The average Bonchev–Trinajstić information content (AvgIpc) is 3.31. The topological polar surface area (TPSA) is 91.4 Å². The molecule has 2 aromatic rings. The molecule has 0 saturated heterocycles. The van der Waals surface area contributed by atoms with E-state index < -0.39 is 16.3 Å². The number of aromatic nitrogens is 1. The van der Waals surface area contributed by atoms with Crippen molar-refractivity contribution in [1.82, 2.24) is 4.57 Å². The smallest absolute Gasteiger partial charge is 0.343 e. The van der Waals surface area contributed by atoms with Gasteiger partial charge in [0.2, 0.25) is 5.43 Å². The number of aryl methyl sites for hydroxylation is 1. The zero-order chi connectivity index (χ0) is 17.6. The number of hydrogen-bond donors (Lipinski definition) is 0. The van der Waals surface area contributed by atoms with Crippen molar-refractivity contribution >= 4 is 34.2 Å². The number of rotatable bonds is 4. The summed E-state index contributed by atoms with van der Waals surface area (Å²) in [5, 5.41) is 11.4. The molecule has 24 heavy (non-hydrogen) atoms. The van der Waals surface area contributed by atoms with Gasteiger partial charge in [0.15, 0.2) is 0 Å². The van der Waals surface area contributed by atoms with Crippen LogP contribution in [0, 0.1) is 17.0 Å². The molecular weight excluding hydrogens is 336 g/mol. The predicted octanol–water partition coefficient (Wildman–Crippen LogP) is 3.38. The maximum atomic E-state index is 12.8. The number of ether oxygens (including phenoxy) is 1. The highest BCUT2D eigenvalue weighted by molar-refractivity contribution is 6.33. The first-order valence-electron chi connectivity index (χ1n) is 7.56. The van der Waals surface area contributed by atoms with Gasteiger partial charge in [-0.15, -0.1) is 0 Å². The Morgan fingerprint density at radius 2 is 2.17 bits per heavy atom. The van der Waals surface area contributed by atoms with Crippen molar-refractivity contribution in [2.75, 3.05) is 6.61 Å². The number of esters is 1. The molecule has 1 heterocycles. The fraction of sp³-hybridized carbons (Fsp3) is 0.375. The van der Waals surface area contributed by atoms with E-state index in [0.717, 1.165) is 12.8 Å². The third-order valence-electron chi connectivity index (χ3n) is 4.11. The minimum atomic E-state index is -0.726. The Balaban J connectivity index is 2.42. The Labute approximate surface area is 141 Å². The van der Waals surface area contributed by atoms with Crippen molar-refractivity contribution in [3.8, 4) is 0 Å². The second-order valence-electron chi connectivity index (χ2n) is 5.71. The Morgan fingerprint density at radius 1 is 1.50 bits per heavy atom. The molecule has 3 rings (SSSR count). The van der Waals surface area contributed by atoms with Gasteiger partial charge in [-0.1, -0.05) is 11.6 Å². The molecule has 0 spiro atoms. The van der Waals surface area contributed by atoms with Gasteiger partial charge in [-0.05, 0) is 32.8 Å². The van der Waals surface area contributed by atoms with Crippen molar-refractivity contribution in [3.63, 3.8) is 0 Å². The van der Waals surface area contributed by atoms with Crippen LogP contribution in [-0.4, -0.2) is 22.1 Å². The lowest BCUT2D eigenvalue weighted by Gasteiger charge is -2.14. The number of carbonyl (C=O) groups is 1. The average molecular weight is 351 g/mol. The summed E-state index contributed by atoms with van der Waals surface area (Å²) in [4.78, 5) is 35.5. The number of fused-ring (bicyclic) bond motifs is 1. The lowest BCUT2D eigenvalue weighted by Crippen LogP contribution is -2.21. The van der Waals surface area contributed by atoms with Gasteiger partial charge >= 0.3 is 5.97 Å². The van der Waals surface area contributed by atoms with Crippen LogP contribution in [0.1, 0.15) is 41.7 Å². The predicted molar refractivity (Wildman–Crippen MR) is 88.8 cm³/mol. The number of nitro benzene ring substituents is 1. The summed E-state index contributed by atoms with van der Waals surface area (Å²) in [6.45, 7) is 3.26. The van der Waals surface area contributed by atoms with Gasteiger partial charge in [-0.3, -0.25) is 14.9 Å². The molecule has 0 atom stereocenters. The van der Waals surface area contributed by atoms with Gasteiger partial charge in [-0.2, -0.15) is 0 Å². The van der Waals surface area contributed by atoms with Gasteiger partial charge in [0.05, 0.1) is 22.4 Å². The summed E-state index contributed by atoms with van der Waals surface area (Å²) < 4.78 is 6.74. The second-order valence-corrected chi connectivity index (χ2v) is 6.12. The molecule has 0 radical (unpaired) electrons. The highest BCUT2D eigenvalue weighted by Crippen LogP contribution is 2.40. The van der Waals surface area contributed by atoms with Crippen LogP contribution in [0.15, 0.2) is 17.1 Å². The van der Waals surface area contributed by atoms with Crippen LogP contribution in [0.3, 0.4) is 0 Å². The monoisotopic (exact) mass is 350 g/mol. The molecule has 1 aliphatic rings. The first kappa shape index (κ1) is 16.4. The third kappa shape index (κ3) is 2.54. The van der Waals surface area contributed by atoms with Gasteiger partial charge in [-0.25, -0.2) is 4.79 Å². The largest absolute Gasteiger partial charge is 0.462 e. The highest BCUT2D eigenvalue weighted by atomic mass is 35.5. The molecule has 0 unspecified atom stereocenters. The molecule has 7 nitrogen and oxygen atoms in total. The lowest BCUT2D eigenvalue weighted by molar-refractivity contribution is -0.385. The summed E-state index contributed by atoms with van der Waals surface area (Å²) in [7, 11) is 0. The van der Waals surface area contributed by atoms with Crippen molar-refractivity contribution < 1.29 is 14.5 Å². The number of carbonyl (C=O) groups excluding carboxylic acids is 1. The molecule has 1 saturated carbocycles. The van der Waals surface area contributed by atoms with E-state index in [-0.39, 0.29) is 39.9 Å². The Bertz CT molecular complexity index is 930. The number of pyridine rings is 1. The molecule has 0 bridgehead atoms. The van der Waals surface area contributed by atoms with Crippen LogP contribution in [-0.2, 0) is 4.74 Å². The van der Waals surface area contributed by atoms with Crippen LogP contribution >= 0.6 is 11.6 Å². The quantitative estimate of drug-likeness (QED) is 0.479. The summed E-state index contributed by atoms with van der Waals surface area (Å²) in [5.41, 5.74) is -0.338. The van der Waals surface area contributed by atoms with Gasteiger partial charge in [0, 0.05) is 17.8 Å². The maximum Gasteiger partial charge on any atom is 0.343 e. The maximum absolute atomic E-state index is 12.8. The third-order valence-corrected chi connectivity index (χ3v) is 4.40. The van der Waals surface area contributed by atoms with Gasteiger partial charge < -0.3 is 9.30 Å². The Morgan fingerprint density at radius 3 is 2.71 bits per heavy atom. The summed E-state index contributed by atoms with van der Waals surface area (Å²) in [6, 6.07) is 1.58. The first-order valence-corrected chi connectivity index (χ1v) is 7.94. The summed E-state index contributed by atoms with van der Waals surface area (Å²) in [5.74, 6) is -0.726. The number of hydrogen-bond acceptors (Lipinski definition) is 5. The van der Waals surface area contributed by atoms with Gasteiger partial charge in [0.25, 0.3) is 5.69 Å². The van der Waals surface area contributed by atoms with Crippen LogP contribution in [0.4, 0.5) is 5.69 Å². The zero-order valence-electron chi connectivity index (χ0n) is 13.2. The zero-order valence-corrected chi connectivity index (χ0v) is 13.9. The molecule has 0 aliphatic heterocycles. The lowest BCUT2D eigenvalue weighted by atomic mass is 10.0. The molecule has 1 aliphatic carbocycles.